The van der Waals surface area contributed by atoms with Gasteiger partial charge in [0.25, 0.3) is 0 Å². The maximum atomic E-state index is 12.7. The van der Waals surface area contributed by atoms with Gasteiger partial charge in [0.1, 0.15) is 16.4 Å². The topological polar surface area (TPSA) is 93.7 Å². The summed E-state index contributed by atoms with van der Waals surface area (Å²) in [6, 6.07) is 10.8. The van der Waals surface area contributed by atoms with Crippen LogP contribution in [0.15, 0.2) is 47.4 Å². The fourth-order valence-corrected chi connectivity index (χ4v) is 3.89. The van der Waals surface area contributed by atoms with Gasteiger partial charge in [0.15, 0.2) is 0 Å². The molecule has 0 bridgehead atoms. The van der Waals surface area contributed by atoms with E-state index in [0.29, 0.717) is 18.0 Å². The van der Waals surface area contributed by atoms with E-state index in [1.807, 2.05) is 6.92 Å². The zero-order chi connectivity index (χ0) is 20.0. The van der Waals surface area contributed by atoms with Crippen LogP contribution < -0.4 is 19.5 Å². The number of aryl methyl sites for hydroxylation is 1. The van der Waals surface area contributed by atoms with Crippen molar-refractivity contribution >= 4 is 21.6 Å². The summed E-state index contributed by atoms with van der Waals surface area (Å²) in [5.41, 5.74) is 1.24. The van der Waals surface area contributed by atoms with Crippen LogP contribution in [-0.4, -0.2) is 34.1 Å². The van der Waals surface area contributed by atoms with Gasteiger partial charge in [-0.15, -0.1) is 0 Å². The smallest absolute Gasteiger partial charge is 0.244 e. The Morgan fingerprint density at radius 1 is 1.15 bits per heavy atom. The standard InChI is InChI=1S/C19H24N2O5S/c1-5-26-16-9-7-6-8-15(16)20-19(22)14(3)21-27(23,24)18-12-13(2)10-11-17(18)25-4/h6-12,14,21H,5H2,1-4H3,(H,20,22)/t14-/m0/s1. The molecule has 0 unspecified atom stereocenters. The summed E-state index contributed by atoms with van der Waals surface area (Å²) in [6.07, 6.45) is 0. The van der Waals surface area contributed by atoms with Crippen LogP contribution in [0.1, 0.15) is 19.4 Å². The Bertz CT molecular complexity index is 912. The summed E-state index contributed by atoms with van der Waals surface area (Å²) in [5.74, 6) is 0.225. The van der Waals surface area contributed by atoms with Crippen molar-refractivity contribution in [3.05, 3.63) is 48.0 Å². The molecule has 0 spiro atoms. The second-order valence-electron chi connectivity index (χ2n) is 5.92. The van der Waals surface area contributed by atoms with E-state index in [4.69, 9.17) is 9.47 Å². The molecule has 2 rings (SSSR count). The highest BCUT2D eigenvalue weighted by atomic mass is 32.2. The predicted molar refractivity (Wildman–Crippen MR) is 104 cm³/mol. The number of para-hydroxylation sites is 2. The van der Waals surface area contributed by atoms with Crippen molar-refractivity contribution in [2.45, 2.75) is 31.7 Å². The highest BCUT2D eigenvalue weighted by Gasteiger charge is 2.25. The van der Waals surface area contributed by atoms with Crippen LogP contribution in [-0.2, 0) is 14.8 Å². The van der Waals surface area contributed by atoms with E-state index in [9.17, 15) is 13.2 Å². The van der Waals surface area contributed by atoms with Gasteiger partial charge in [0.2, 0.25) is 15.9 Å². The number of nitrogens with one attached hydrogen (secondary N) is 2. The number of ether oxygens (including phenoxy) is 2. The van der Waals surface area contributed by atoms with Crippen LogP contribution in [0.2, 0.25) is 0 Å². The zero-order valence-corrected chi connectivity index (χ0v) is 16.6. The first-order valence-corrected chi connectivity index (χ1v) is 9.96. The molecule has 0 aliphatic heterocycles. The molecule has 0 aliphatic carbocycles. The molecule has 2 aromatic rings. The van der Waals surface area contributed by atoms with Crippen molar-refractivity contribution in [2.75, 3.05) is 19.0 Å². The SMILES string of the molecule is CCOc1ccccc1NC(=O)[C@H](C)NS(=O)(=O)c1cc(C)ccc1OC. The average Bonchev–Trinajstić information content (AvgIpc) is 2.63. The third-order valence-corrected chi connectivity index (χ3v) is 5.34. The molecule has 0 aromatic heterocycles. The Morgan fingerprint density at radius 2 is 1.85 bits per heavy atom. The molecule has 2 N–H and O–H groups in total. The quantitative estimate of drug-likeness (QED) is 0.720. The van der Waals surface area contributed by atoms with Crippen LogP contribution in [0, 0.1) is 6.92 Å². The fraction of sp³-hybridized carbons (Fsp3) is 0.316. The van der Waals surface area contributed by atoms with E-state index in [0.717, 1.165) is 5.56 Å². The molecule has 0 saturated heterocycles. The number of methoxy groups -OCH3 is 1. The van der Waals surface area contributed by atoms with Crippen LogP contribution in [0.5, 0.6) is 11.5 Å². The van der Waals surface area contributed by atoms with Crippen molar-refractivity contribution in [1.82, 2.24) is 4.72 Å². The van der Waals surface area contributed by atoms with Crippen molar-refractivity contribution in [3.63, 3.8) is 0 Å². The van der Waals surface area contributed by atoms with Gasteiger partial charge in [-0.05, 0) is 50.6 Å². The first kappa shape index (κ1) is 20.7. The van der Waals surface area contributed by atoms with Crippen molar-refractivity contribution in [3.8, 4) is 11.5 Å². The van der Waals surface area contributed by atoms with Crippen molar-refractivity contribution in [2.24, 2.45) is 0 Å². The summed E-state index contributed by atoms with van der Waals surface area (Å²) < 4.78 is 38.4. The summed E-state index contributed by atoms with van der Waals surface area (Å²) in [7, 11) is -2.56. The van der Waals surface area contributed by atoms with Crippen LogP contribution in [0.25, 0.3) is 0 Å². The molecule has 7 nitrogen and oxygen atoms in total. The maximum Gasteiger partial charge on any atom is 0.244 e. The molecule has 8 heteroatoms. The van der Waals surface area contributed by atoms with Crippen molar-refractivity contribution in [1.29, 1.82) is 0 Å². The molecule has 0 fully saturated rings. The minimum Gasteiger partial charge on any atom is -0.495 e. The van der Waals surface area contributed by atoms with Crippen LogP contribution >= 0.6 is 0 Å². The first-order chi connectivity index (χ1) is 12.8. The lowest BCUT2D eigenvalue weighted by Gasteiger charge is -2.17. The third-order valence-electron chi connectivity index (χ3n) is 3.78. The minimum absolute atomic E-state index is 0.0145. The molecule has 0 aliphatic rings. The van der Waals surface area contributed by atoms with E-state index < -0.39 is 22.0 Å². The van der Waals surface area contributed by atoms with Crippen LogP contribution in [0.3, 0.4) is 0 Å². The Morgan fingerprint density at radius 3 is 2.52 bits per heavy atom. The molecule has 27 heavy (non-hydrogen) atoms. The maximum absolute atomic E-state index is 12.7. The largest absolute Gasteiger partial charge is 0.495 e. The van der Waals surface area contributed by atoms with E-state index in [2.05, 4.69) is 10.0 Å². The number of sulfonamides is 1. The number of rotatable bonds is 8. The first-order valence-electron chi connectivity index (χ1n) is 8.48. The van der Waals surface area contributed by atoms with Gasteiger partial charge in [-0.3, -0.25) is 4.79 Å². The van der Waals surface area contributed by atoms with Crippen molar-refractivity contribution < 1.29 is 22.7 Å². The van der Waals surface area contributed by atoms with Gasteiger partial charge in [-0.2, -0.15) is 4.72 Å². The second-order valence-corrected chi connectivity index (χ2v) is 7.60. The number of benzene rings is 2. The molecule has 1 atom stereocenters. The molecule has 1 amide bonds. The van der Waals surface area contributed by atoms with Crippen LogP contribution in [0.4, 0.5) is 5.69 Å². The monoisotopic (exact) mass is 392 g/mol. The molecular weight excluding hydrogens is 368 g/mol. The lowest BCUT2D eigenvalue weighted by Crippen LogP contribution is -2.41. The molecule has 0 heterocycles. The Hall–Kier alpha value is -2.58. The number of carbonyl (C=O) groups excluding carboxylic acids is 1. The lowest BCUT2D eigenvalue weighted by atomic mass is 10.2. The Kier molecular flexibility index (Phi) is 6.81. The number of amides is 1. The van der Waals surface area contributed by atoms with Gasteiger partial charge in [0.05, 0.1) is 25.4 Å². The van der Waals surface area contributed by atoms with E-state index in [1.165, 1.54) is 20.1 Å². The van der Waals surface area contributed by atoms with Gasteiger partial charge in [-0.25, -0.2) is 8.42 Å². The number of anilines is 1. The molecule has 0 saturated carbocycles. The Labute approximate surface area is 159 Å². The third kappa shape index (κ3) is 5.21. The summed E-state index contributed by atoms with van der Waals surface area (Å²) in [6.45, 7) is 5.53. The highest BCUT2D eigenvalue weighted by Crippen LogP contribution is 2.26. The number of hydrogen-bond acceptors (Lipinski definition) is 5. The van der Waals surface area contributed by atoms with E-state index in [1.54, 1.807) is 43.3 Å². The number of hydrogen-bond donors (Lipinski definition) is 2. The summed E-state index contributed by atoms with van der Waals surface area (Å²) in [4.78, 5) is 12.5. The fourth-order valence-electron chi connectivity index (χ4n) is 2.44. The molecule has 0 radical (unpaired) electrons. The number of carbonyl (C=O) groups is 1. The van der Waals surface area contributed by atoms with Gasteiger partial charge < -0.3 is 14.8 Å². The molecule has 2 aromatic carbocycles. The normalized spacial score (nSPS) is 12.3. The summed E-state index contributed by atoms with van der Waals surface area (Å²) >= 11 is 0. The highest BCUT2D eigenvalue weighted by molar-refractivity contribution is 7.89. The second kappa shape index (κ2) is 8.88. The summed E-state index contributed by atoms with van der Waals surface area (Å²) in [5, 5.41) is 2.69. The predicted octanol–water partition coefficient (Wildman–Crippen LogP) is 2.71. The van der Waals surface area contributed by atoms with Gasteiger partial charge in [0, 0.05) is 0 Å². The van der Waals surface area contributed by atoms with Gasteiger partial charge >= 0.3 is 0 Å². The van der Waals surface area contributed by atoms with E-state index >= 15 is 0 Å². The zero-order valence-electron chi connectivity index (χ0n) is 15.8. The lowest BCUT2D eigenvalue weighted by molar-refractivity contribution is -0.117. The molecule has 146 valence electrons. The minimum atomic E-state index is -3.95. The molecular formula is C19H24N2O5S. The van der Waals surface area contributed by atoms with E-state index in [-0.39, 0.29) is 10.6 Å². The Balaban J connectivity index is 2.18. The van der Waals surface area contributed by atoms with Gasteiger partial charge in [-0.1, -0.05) is 18.2 Å². The average molecular weight is 392 g/mol.